The average molecular weight is 342 g/mol. The van der Waals surface area contributed by atoms with Crippen LogP contribution in [0.4, 0.5) is 0 Å². The van der Waals surface area contributed by atoms with Crippen molar-refractivity contribution >= 4 is 27.7 Å². The molecule has 0 radical (unpaired) electrons. The van der Waals surface area contributed by atoms with Crippen LogP contribution < -0.4 is 16.0 Å². The van der Waals surface area contributed by atoms with Gasteiger partial charge in [-0.25, -0.2) is 0 Å². The Labute approximate surface area is 127 Å². The van der Waals surface area contributed by atoms with Crippen molar-refractivity contribution < 1.29 is 9.59 Å². The molecule has 0 aliphatic carbocycles. The summed E-state index contributed by atoms with van der Waals surface area (Å²) >= 11 is 3.32. The maximum atomic E-state index is 11.8. The van der Waals surface area contributed by atoms with Crippen LogP contribution in [0.3, 0.4) is 0 Å². The molecule has 0 aliphatic rings. The van der Waals surface area contributed by atoms with E-state index in [-0.39, 0.29) is 17.7 Å². The van der Waals surface area contributed by atoms with Gasteiger partial charge in [0, 0.05) is 35.6 Å². The van der Waals surface area contributed by atoms with Crippen LogP contribution in [-0.2, 0) is 4.79 Å². The van der Waals surface area contributed by atoms with Crippen molar-refractivity contribution in [1.82, 2.24) is 16.0 Å². The third-order valence-electron chi connectivity index (χ3n) is 2.75. The quantitative estimate of drug-likeness (QED) is 0.651. The molecule has 0 aromatic heterocycles. The molecular formula is C14H20BrN3O2. The summed E-state index contributed by atoms with van der Waals surface area (Å²) in [7, 11) is 1.81. The zero-order valence-electron chi connectivity index (χ0n) is 11.7. The Morgan fingerprint density at radius 1 is 1.25 bits per heavy atom. The lowest BCUT2D eigenvalue weighted by atomic mass is 10.1. The van der Waals surface area contributed by atoms with Gasteiger partial charge in [0.25, 0.3) is 5.91 Å². The molecule has 110 valence electrons. The smallest absolute Gasteiger partial charge is 0.251 e. The number of rotatable bonds is 7. The van der Waals surface area contributed by atoms with Gasteiger partial charge in [-0.15, -0.1) is 0 Å². The van der Waals surface area contributed by atoms with Crippen LogP contribution in [0.1, 0.15) is 17.3 Å². The minimum Gasteiger partial charge on any atom is -0.354 e. The molecule has 3 N–H and O–H groups in total. The first-order valence-corrected chi connectivity index (χ1v) is 7.30. The van der Waals surface area contributed by atoms with Gasteiger partial charge in [0.05, 0.1) is 0 Å². The Kier molecular flexibility index (Phi) is 7.25. The van der Waals surface area contributed by atoms with E-state index >= 15 is 0 Å². The Bertz CT molecular complexity index is 465. The van der Waals surface area contributed by atoms with Gasteiger partial charge in [-0.3, -0.25) is 9.59 Å². The highest BCUT2D eigenvalue weighted by atomic mass is 79.9. The highest BCUT2D eigenvalue weighted by Crippen LogP contribution is 2.11. The van der Waals surface area contributed by atoms with E-state index in [1.807, 2.05) is 20.0 Å². The molecule has 0 heterocycles. The zero-order chi connectivity index (χ0) is 15.0. The average Bonchev–Trinajstić information content (AvgIpc) is 2.43. The first-order chi connectivity index (χ1) is 9.54. The standard InChI is InChI=1S/C14H20BrN3O2/c1-10(9-16-2)13(19)17-6-7-18-14(20)11-4-3-5-12(15)8-11/h3-5,8,10,16H,6-7,9H2,1-2H3,(H,17,19)(H,18,20). The summed E-state index contributed by atoms with van der Waals surface area (Å²) in [5, 5.41) is 8.49. The highest BCUT2D eigenvalue weighted by molar-refractivity contribution is 9.10. The van der Waals surface area contributed by atoms with E-state index in [1.54, 1.807) is 18.2 Å². The molecule has 1 rings (SSSR count). The number of benzene rings is 1. The molecule has 1 aromatic carbocycles. The summed E-state index contributed by atoms with van der Waals surface area (Å²) in [5.41, 5.74) is 0.592. The maximum Gasteiger partial charge on any atom is 0.251 e. The molecule has 1 aromatic rings. The van der Waals surface area contributed by atoms with E-state index in [0.717, 1.165) is 4.47 Å². The maximum absolute atomic E-state index is 11.8. The third kappa shape index (κ3) is 5.71. The highest BCUT2D eigenvalue weighted by Gasteiger charge is 2.11. The molecule has 0 saturated heterocycles. The van der Waals surface area contributed by atoms with Crippen LogP contribution in [0.25, 0.3) is 0 Å². The van der Waals surface area contributed by atoms with Crippen LogP contribution in [0.5, 0.6) is 0 Å². The van der Waals surface area contributed by atoms with Crippen LogP contribution in [0.15, 0.2) is 28.7 Å². The van der Waals surface area contributed by atoms with Crippen LogP contribution in [0, 0.1) is 5.92 Å². The molecule has 1 atom stereocenters. The molecule has 0 spiro atoms. The van der Waals surface area contributed by atoms with E-state index in [9.17, 15) is 9.59 Å². The molecule has 0 bridgehead atoms. The van der Waals surface area contributed by atoms with Gasteiger partial charge in [0.2, 0.25) is 5.91 Å². The topological polar surface area (TPSA) is 70.2 Å². The summed E-state index contributed by atoms with van der Waals surface area (Å²) < 4.78 is 0.861. The normalized spacial score (nSPS) is 11.8. The molecule has 0 saturated carbocycles. The van der Waals surface area contributed by atoms with Gasteiger partial charge in [0.15, 0.2) is 0 Å². The molecule has 5 nitrogen and oxygen atoms in total. The summed E-state index contributed by atoms with van der Waals surface area (Å²) in [6, 6.07) is 7.16. The second kappa shape index (κ2) is 8.71. The number of carbonyl (C=O) groups is 2. The first-order valence-electron chi connectivity index (χ1n) is 6.50. The summed E-state index contributed by atoms with van der Waals surface area (Å²) in [5.74, 6) is -0.249. The van der Waals surface area contributed by atoms with Gasteiger partial charge < -0.3 is 16.0 Å². The Morgan fingerprint density at radius 3 is 2.60 bits per heavy atom. The van der Waals surface area contributed by atoms with E-state index in [4.69, 9.17) is 0 Å². The fourth-order valence-electron chi connectivity index (χ4n) is 1.67. The van der Waals surface area contributed by atoms with Gasteiger partial charge >= 0.3 is 0 Å². The predicted octanol–water partition coefficient (Wildman–Crippen LogP) is 1.15. The third-order valence-corrected chi connectivity index (χ3v) is 3.25. The molecular weight excluding hydrogens is 322 g/mol. The Morgan fingerprint density at radius 2 is 1.95 bits per heavy atom. The number of amides is 2. The number of hydrogen-bond donors (Lipinski definition) is 3. The molecule has 20 heavy (non-hydrogen) atoms. The van der Waals surface area contributed by atoms with E-state index in [1.165, 1.54) is 0 Å². The van der Waals surface area contributed by atoms with Crippen molar-refractivity contribution in [1.29, 1.82) is 0 Å². The van der Waals surface area contributed by atoms with Gasteiger partial charge in [0.1, 0.15) is 0 Å². The van der Waals surface area contributed by atoms with Crippen molar-refractivity contribution in [3.8, 4) is 0 Å². The molecule has 0 aliphatic heterocycles. The number of halogens is 1. The molecule has 2 amide bonds. The largest absolute Gasteiger partial charge is 0.354 e. The lowest BCUT2D eigenvalue weighted by molar-refractivity contribution is -0.124. The number of nitrogens with one attached hydrogen (secondary N) is 3. The SMILES string of the molecule is CNCC(C)C(=O)NCCNC(=O)c1cccc(Br)c1. The molecule has 6 heteroatoms. The van der Waals surface area contributed by atoms with E-state index in [0.29, 0.717) is 25.2 Å². The summed E-state index contributed by atoms with van der Waals surface area (Å²) in [6.07, 6.45) is 0. The summed E-state index contributed by atoms with van der Waals surface area (Å²) in [4.78, 5) is 23.4. The monoisotopic (exact) mass is 341 g/mol. The Balaban J connectivity index is 2.27. The lowest BCUT2D eigenvalue weighted by Gasteiger charge is -2.12. The lowest BCUT2D eigenvalue weighted by Crippen LogP contribution is -2.39. The Hall–Kier alpha value is -1.40. The van der Waals surface area contributed by atoms with Gasteiger partial charge in [-0.1, -0.05) is 28.9 Å². The fraction of sp³-hybridized carbons (Fsp3) is 0.429. The fourth-order valence-corrected chi connectivity index (χ4v) is 2.07. The van der Waals surface area contributed by atoms with E-state index in [2.05, 4.69) is 31.9 Å². The summed E-state index contributed by atoms with van der Waals surface area (Å²) in [6.45, 7) is 3.32. The second-order valence-electron chi connectivity index (χ2n) is 4.52. The number of carbonyl (C=O) groups excluding carboxylic acids is 2. The second-order valence-corrected chi connectivity index (χ2v) is 5.43. The van der Waals surface area contributed by atoms with Crippen molar-refractivity contribution in [3.63, 3.8) is 0 Å². The first kappa shape index (κ1) is 16.7. The van der Waals surface area contributed by atoms with Gasteiger partial charge in [-0.05, 0) is 25.2 Å². The molecule has 0 fully saturated rings. The van der Waals surface area contributed by atoms with Crippen LogP contribution in [0.2, 0.25) is 0 Å². The minimum atomic E-state index is -0.149. The van der Waals surface area contributed by atoms with Crippen molar-refractivity contribution in [2.45, 2.75) is 6.92 Å². The number of hydrogen-bond acceptors (Lipinski definition) is 3. The predicted molar refractivity (Wildman–Crippen MR) is 82.6 cm³/mol. The molecule has 1 unspecified atom stereocenters. The minimum absolute atomic E-state index is 0.0175. The van der Waals surface area contributed by atoms with Gasteiger partial charge in [-0.2, -0.15) is 0 Å². The van der Waals surface area contributed by atoms with Crippen molar-refractivity contribution in [2.24, 2.45) is 5.92 Å². The van der Waals surface area contributed by atoms with Crippen LogP contribution >= 0.6 is 15.9 Å². The zero-order valence-corrected chi connectivity index (χ0v) is 13.3. The van der Waals surface area contributed by atoms with Crippen molar-refractivity contribution in [2.75, 3.05) is 26.7 Å². The van der Waals surface area contributed by atoms with Crippen molar-refractivity contribution in [3.05, 3.63) is 34.3 Å². The van der Waals surface area contributed by atoms with E-state index < -0.39 is 0 Å². The van der Waals surface area contributed by atoms with Crippen LogP contribution in [-0.4, -0.2) is 38.5 Å².